The fraction of sp³-hybridized carbons (Fsp3) is 0.714. The van der Waals surface area contributed by atoms with Crippen LogP contribution in [0.4, 0.5) is 0 Å². The summed E-state index contributed by atoms with van der Waals surface area (Å²) in [5.41, 5.74) is 1.07. The monoisotopic (exact) mass is 348 g/mol. The molecule has 1 aliphatic heterocycles. The lowest BCUT2D eigenvalue weighted by Gasteiger charge is -2.22. The van der Waals surface area contributed by atoms with Crippen molar-refractivity contribution in [3.63, 3.8) is 0 Å². The number of thioether (sulfide) groups is 1. The van der Waals surface area contributed by atoms with Crippen LogP contribution in [-0.2, 0) is 16.6 Å². The molecule has 1 aliphatic rings. The standard InChI is InChI=1S/C14H24N2O2S3/c1-4-6-15-9-13-11(2)8-14(20-13)21(17,18)16(3)12-5-7-19-10-12/h8,12,15H,4-7,9-10H2,1-3H3. The van der Waals surface area contributed by atoms with Crippen LogP contribution in [0.2, 0.25) is 0 Å². The van der Waals surface area contributed by atoms with E-state index in [4.69, 9.17) is 0 Å². The van der Waals surface area contributed by atoms with Gasteiger partial charge in [-0.2, -0.15) is 16.1 Å². The molecular formula is C14H24N2O2S3. The van der Waals surface area contributed by atoms with Crippen molar-refractivity contribution >= 4 is 33.1 Å². The summed E-state index contributed by atoms with van der Waals surface area (Å²) in [5.74, 6) is 1.96. The zero-order valence-electron chi connectivity index (χ0n) is 12.9. The van der Waals surface area contributed by atoms with Crippen molar-refractivity contribution in [2.45, 2.75) is 43.5 Å². The zero-order valence-corrected chi connectivity index (χ0v) is 15.3. The predicted octanol–water partition coefficient (Wildman–Crippen LogP) is 2.68. The minimum Gasteiger partial charge on any atom is -0.312 e. The van der Waals surface area contributed by atoms with Gasteiger partial charge in [-0.1, -0.05) is 6.92 Å². The molecular weight excluding hydrogens is 324 g/mol. The lowest BCUT2D eigenvalue weighted by atomic mass is 10.3. The molecule has 1 N–H and O–H groups in total. The lowest BCUT2D eigenvalue weighted by molar-refractivity contribution is 0.395. The Kier molecular flexibility index (Phi) is 6.14. The molecule has 0 spiro atoms. The quantitative estimate of drug-likeness (QED) is 0.770. The number of rotatable bonds is 7. The molecule has 1 saturated heterocycles. The summed E-state index contributed by atoms with van der Waals surface area (Å²) in [5, 5.41) is 3.34. The van der Waals surface area contributed by atoms with Gasteiger partial charge in [-0.15, -0.1) is 11.3 Å². The molecule has 0 aliphatic carbocycles. The molecule has 0 aromatic carbocycles. The van der Waals surface area contributed by atoms with Crippen LogP contribution in [0.25, 0.3) is 0 Å². The highest BCUT2D eigenvalue weighted by atomic mass is 32.2. The van der Waals surface area contributed by atoms with Crippen LogP contribution >= 0.6 is 23.1 Å². The Morgan fingerprint density at radius 1 is 1.48 bits per heavy atom. The number of thiophene rings is 1. The molecule has 21 heavy (non-hydrogen) atoms. The molecule has 120 valence electrons. The van der Waals surface area contributed by atoms with E-state index in [2.05, 4.69) is 12.2 Å². The second-order valence-electron chi connectivity index (χ2n) is 5.39. The number of aryl methyl sites for hydroxylation is 1. The van der Waals surface area contributed by atoms with Gasteiger partial charge in [0.25, 0.3) is 10.0 Å². The van der Waals surface area contributed by atoms with E-state index in [0.717, 1.165) is 47.9 Å². The molecule has 0 amide bonds. The van der Waals surface area contributed by atoms with Crippen LogP contribution < -0.4 is 5.32 Å². The summed E-state index contributed by atoms with van der Waals surface area (Å²) in [6, 6.07) is 1.96. The smallest absolute Gasteiger partial charge is 0.252 e. The van der Waals surface area contributed by atoms with Crippen LogP contribution in [0, 0.1) is 6.92 Å². The molecule has 1 aromatic heterocycles. The van der Waals surface area contributed by atoms with E-state index in [1.54, 1.807) is 11.4 Å². The predicted molar refractivity (Wildman–Crippen MR) is 91.7 cm³/mol. The van der Waals surface area contributed by atoms with Gasteiger partial charge in [0.05, 0.1) is 0 Å². The van der Waals surface area contributed by atoms with Gasteiger partial charge in [-0.25, -0.2) is 8.42 Å². The van der Waals surface area contributed by atoms with Gasteiger partial charge < -0.3 is 5.32 Å². The molecule has 0 bridgehead atoms. The average molecular weight is 349 g/mol. The van der Waals surface area contributed by atoms with E-state index >= 15 is 0 Å². The fourth-order valence-corrected chi connectivity index (χ4v) is 6.81. The third-order valence-electron chi connectivity index (χ3n) is 3.76. The first-order valence-corrected chi connectivity index (χ1v) is 10.7. The fourth-order valence-electron chi connectivity index (χ4n) is 2.32. The van der Waals surface area contributed by atoms with E-state index in [1.165, 1.54) is 11.3 Å². The second-order valence-corrected chi connectivity index (χ2v) is 9.90. The largest absolute Gasteiger partial charge is 0.312 e. The molecule has 1 fully saturated rings. The van der Waals surface area contributed by atoms with Crippen molar-refractivity contribution in [1.29, 1.82) is 0 Å². The number of hydrogen-bond acceptors (Lipinski definition) is 5. The Morgan fingerprint density at radius 2 is 2.24 bits per heavy atom. The highest BCUT2D eigenvalue weighted by molar-refractivity contribution is 7.99. The Hall–Kier alpha value is -0.0800. The Bertz CT molecular complexity index is 563. The van der Waals surface area contributed by atoms with Gasteiger partial charge in [0.2, 0.25) is 0 Å². The van der Waals surface area contributed by atoms with Crippen molar-refractivity contribution in [1.82, 2.24) is 9.62 Å². The van der Waals surface area contributed by atoms with E-state index in [9.17, 15) is 8.42 Å². The van der Waals surface area contributed by atoms with Crippen LogP contribution in [0.3, 0.4) is 0 Å². The first kappa shape index (κ1) is 17.3. The maximum Gasteiger partial charge on any atom is 0.252 e. The summed E-state index contributed by atoms with van der Waals surface area (Å²) in [4.78, 5) is 1.12. The summed E-state index contributed by atoms with van der Waals surface area (Å²) < 4.78 is 27.5. The molecule has 2 rings (SSSR count). The third-order valence-corrected chi connectivity index (χ3v) is 8.50. The van der Waals surface area contributed by atoms with E-state index in [0.29, 0.717) is 4.21 Å². The zero-order chi connectivity index (χ0) is 15.5. The van der Waals surface area contributed by atoms with Gasteiger partial charge in [0, 0.05) is 30.3 Å². The van der Waals surface area contributed by atoms with Gasteiger partial charge in [-0.3, -0.25) is 0 Å². The summed E-state index contributed by atoms with van der Waals surface area (Å²) in [7, 11) is -1.63. The van der Waals surface area contributed by atoms with Crippen molar-refractivity contribution < 1.29 is 8.42 Å². The molecule has 1 aromatic rings. The number of hydrogen-bond donors (Lipinski definition) is 1. The van der Waals surface area contributed by atoms with Crippen LogP contribution in [0.1, 0.15) is 30.2 Å². The minimum absolute atomic E-state index is 0.143. The Morgan fingerprint density at radius 3 is 2.86 bits per heavy atom. The summed E-state index contributed by atoms with van der Waals surface area (Å²) in [6.07, 6.45) is 2.04. The highest BCUT2D eigenvalue weighted by Gasteiger charge is 2.31. The average Bonchev–Trinajstić information content (AvgIpc) is 3.08. The van der Waals surface area contributed by atoms with Crippen molar-refractivity contribution in [3.8, 4) is 0 Å². The van der Waals surface area contributed by atoms with Crippen molar-refractivity contribution in [2.24, 2.45) is 0 Å². The van der Waals surface area contributed by atoms with Gasteiger partial charge in [0.15, 0.2) is 0 Å². The van der Waals surface area contributed by atoms with Gasteiger partial charge in [0.1, 0.15) is 4.21 Å². The summed E-state index contributed by atoms with van der Waals surface area (Å²) >= 11 is 3.24. The summed E-state index contributed by atoms with van der Waals surface area (Å²) in [6.45, 7) is 5.82. The normalized spacial score (nSPS) is 19.5. The van der Waals surface area contributed by atoms with Crippen LogP contribution in [0.15, 0.2) is 10.3 Å². The molecule has 1 atom stereocenters. The molecule has 0 radical (unpaired) electrons. The maximum atomic E-state index is 12.7. The third kappa shape index (κ3) is 4.01. The maximum absolute atomic E-state index is 12.7. The molecule has 2 heterocycles. The molecule has 7 heteroatoms. The SMILES string of the molecule is CCCNCc1sc(S(=O)(=O)N(C)C2CCSC2)cc1C. The van der Waals surface area contributed by atoms with Crippen LogP contribution in [-0.4, -0.2) is 43.9 Å². The first-order chi connectivity index (χ1) is 9.96. The van der Waals surface area contributed by atoms with Gasteiger partial charge >= 0.3 is 0 Å². The number of nitrogens with zero attached hydrogens (tertiary/aromatic N) is 1. The second kappa shape index (κ2) is 7.46. The number of sulfonamides is 1. The Balaban J connectivity index is 2.14. The Labute approximate surface area is 136 Å². The molecule has 1 unspecified atom stereocenters. The van der Waals surface area contributed by atoms with E-state index in [-0.39, 0.29) is 6.04 Å². The highest BCUT2D eigenvalue weighted by Crippen LogP contribution is 2.31. The van der Waals surface area contributed by atoms with Crippen molar-refractivity contribution in [3.05, 3.63) is 16.5 Å². The van der Waals surface area contributed by atoms with Gasteiger partial charge in [-0.05, 0) is 43.7 Å². The lowest BCUT2D eigenvalue weighted by Crippen LogP contribution is -2.36. The first-order valence-electron chi connectivity index (χ1n) is 7.32. The van der Waals surface area contributed by atoms with E-state index < -0.39 is 10.0 Å². The van der Waals surface area contributed by atoms with E-state index in [1.807, 2.05) is 24.8 Å². The molecule has 0 saturated carbocycles. The van der Waals surface area contributed by atoms with Crippen molar-refractivity contribution in [2.75, 3.05) is 25.1 Å². The molecule has 4 nitrogen and oxygen atoms in total. The van der Waals surface area contributed by atoms with Crippen LogP contribution in [0.5, 0.6) is 0 Å². The number of nitrogens with one attached hydrogen (secondary N) is 1. The topological polar surface area (TPSA) is 49.4 Å². The minimum atomic E-state index is -3.34.